The van der Waals surface area contributed by atoms with Gasteiger partial charge in [0.25, 0.3) is 0 Å². The predicted octanol–water partition coefficient (Wildman–Crippen LogP) is 3.94. The minimum atomic E-state index is -0.723. The number of nitrogens with zero attached hydrogens (tertiary/aromatic N) is 2. The molecule has 2 atom stereocenters. The first-order chi connectivity index (χ1) is 17.6. The fourth-order valence-electron chi connectivity index (χ4n) is 4.60. The van der Waals surface area contributed by atoms with E-state index >= 15 is 0 Å². The highest BCUT2D eigenvalue weighted by atomic mass is 16.2. The standard InChI is InChI=1S/C29H33N5O2/c30-18-10-17-25(28(35)32-20-23-13-6-2-7-14-23)34-26(19-22-11-4-1-5-12-22)27(31)33(29(34)36)21-24-15-8-3-9-16-24/h1-9,11-16,25-26,31H,10,17-21,30H2,(H,32,35)/t25-,26-/m0/s1. The zero-order valence-corrected chi connectivity index (χ0v) is 20.3. The molecular formula is C29H33N5O2. The molecule has 0 spiro atoms. The van der Waals surface area contributed by atoms with Crippen LogP contribution in [0.5, 0.6) is 0 Å². The van der Waals surface area contributed by atoms with Gasteiger partial charge in [-0.2, -0.15) is 0 Å². The second-order valence-electron chi connectivity index (χ2n) is 9.00. The van der Waals surface area contributed by atoms with Crippen molar-refractivity contribution in [1.29, 1.82) is 5.41 Å². The number of rotatable bonds is 11. The Morgan fingerprint density at radius 1 is 0.889 bits per heavy atom. The Morgan fingerprint density at radius 2 is 1.44 bits per heavy atom. The summed E-state index contributed by atoms with van der Waals surface area (Å²) in [5.41, 5.74) is 8.73. The molecule has 4 N–H and O–H groups in total. The summed E-state index contributed by atoms with van der Waals surface area (Å²) in [6.07, 6.45) is 1.49. The van der Waals surface area contributed by atoms with Crippen molar-refractivity contribution in [2.45, 2.75) is 44.4 Å². The largest absolute Gasteiger partial charge is 0.350 e. The Kier molecular flexibility index (Phi) is 8.47. The number of hydrogen-bond acceptors (Lipinski definition) is 4. The van der Waals surface area contributed by atoms with Gasteiger partial charge in [0.15, 0.2) is 0 Å². The molecule has 3 aromatic rings. The van der Waals surface area contributed by atoms with Gasteiger partial charge in [-0.1, -0.05) is 91.0 Å². The number of hydrogen-bond donors (Lipinski definition) is 3. The van der Waals surface area contributed by atoms with E-state index in [2.05, 4.69) is 5.32 Å². The van der Waals surface area contributed by atoms with E-state index in [1.54, 1.807) is 4.90 Å². The number of carbonyl (C=O) groups excluding carboxylic acids is 2. The third kappa shape index (κ3) is 5.98. The van der Waals surface area contributed by atoms with Crippen LogP contribution in [0.4, 0.5) is 4.79 Å². The summed E-state index contributed by atoms with van der Waals surface area (Å²) in [5.74, 6) is -0.0191. The van der Waals surface area contributed by atoms with Gasteiger partial charge in [0.05, 0.1) is 12.6 Å². The van der Waals surface area contributed by atoms with E-state index in [-0.39, 0.29) is 24.3 Å². The van der Waals surface area contributed by atoms with Gasteiger partial charge in [-0.15, -0.1) is 0 Å². The van der Waals surface area contributed by atoms with Crippen LogP contribution in [0.25, 0.3) is 0 Å². The van der Waals surface area contributed by atoms with Gasteiger partial charge in [0.1, 0.15) is 11.9 Å². The van der Waals surface area contributed by atoms with Crippen molar-refractivity contribution in [2.75, 3.05) is 6.54 Å². The quantitative estimate of drug-likeness (QED) is 0.385. The zero-order chi connectivity index (χ0) is 25.3. The lowest BCUT2D eigenvalue weighted by Crippen LogP contribution is -2.52. The molecule has 3 aromatic carbocycles. The van der Waals surface area contributed by atoms with Crippen molar-refractivity contribution in [2.24, 2.45) is 5.73 Å². The first kappa shape index (κ1) is 25.1. The van der Waals surface area contributed by atoms with Gasteiger partial charge in [0, 0.05) is 13.0 Å². The van der Waals surface area contributed by atoms with Gasteiger partial charge in [-0.25, -0.2) is 4.79 Å². The molecular weight excluding hydrogens is 450 g/mol. The molecule has 0 bridgehead atoms. The van der Waals surface area contributed by atoms with Crippen LogP contribution in [0.2, 0.25) is 0 Å². The van der Waals surface area contributed by atoms with E-state index in [0.29, 0.717) is 32.4 Å². The number of carbonyl (C=O) groups is 2. The van der Waals surface area contributed by atoms with Gasteiger partial charge in [-0.3, -0.25) is 15.1 Å². The van der Waals surface area contributed by atoms with Crippen LogP contribution in [-0.2, 0) is 24.3 Å². The average molecular weight is 484 g/mol. The maximum atomic E-state index is 13.8. The number of amides is 3. The molecule has 36 heavy (non-hydrogen) atoms. The third-order valence-electron chi connectivity index (χ3n) is 6.48. The van der Waals surface area contributed by atoms with Crippen molar-refractivity contribution < 1.29 is 9.59 Å². The Morgan fingerprint density at radius 3 is 2.03 bits per heavy atom. The third-order valence-corrected chi connectivity index (χ3v) is 6.48. The molecule has 1 heterocycles. The molecule has 0 radical (unpaired) electrons. The zero-order valence-electron chi connectivity index (χ0n) is 20.3. The number of benzene rings is 3. The van der Waals surface area contributed by atoms with Crippen LogP contribution in [0.1, 0.15) is 29.5 Å². The van der Waals surface area contributed by atoms with Crippen LogP contribution in [-0.4, -0.2) is 46.2 Å². The number of nitrogens with one attached hydrogen (secondary N) is 2. The molecule has 7 heteroatoms. The van der Waals surface area contributed by atoms with Crippen molar-refractivity contribution in [3.8, 4) is 0 Å². The predicted molar refractivity (Wildman–Crippen MR) is 141 cm³/mol. The molecule has 0 aromatic heterocycles. The summed E-state index contributed by atoms with van der Waals surface area (Å²) in [6, 6.07) is 27.5. The lowest BCUT2D eigenvalue weighted by molar-refractivity contribution is -0.126. The molecule has 1 aliphatic rings. The molecule has 1 saturated heterocycles. The lowest BCUT2D eigenvalue weighted by atomic mass is 10.0. The number of nitrogens with two attached hydrogens (primary N) is 1. The minimum absolute atomic E-state index is 0.210. The van der Waals surface area contributed by atoms with Crippen LogP contribution < -0.4 is 11.1 Å². The van der Waals surface area contributed by atoms with Crippen LogP contribution >= 0.6 is 0 Å². The lowest BCUT2D eigenvalue weighted by Gasteiger charge is -2.31. The first-order valence-corrected chi connectivity index (χ1v) is 12.4. The average Bonchev–Trinajstić information content (AvgIpc) is 3.14. The Bertz CT molecular complexity index is 1150. The summed E-state index contributed by atoms with van der Waals surface area (Å²) in [4.78, 5) is 30.4. The highest BCUT2D eigenvalue weighted by Gasteiger charge is 2.47. The first-order valence-electron chi connectivity index (χ1n) is 12.4. The summed E-state index contributed by atoms with van der Waals surface area (Å²) >= 11 is 0. The molecule has 186 valence electrons. The van der Waals surface area contributed by atoms with E-state index < -0.39 is 12.1 Å². The minimum Gasteiger partial charge on any atom is -0.350 e. The topological polar surface area (TPSA) is 103 Å². The van der Waals surface area contributed by atoms with E-state index in [4.69, 9.17) is 11.1 Å². The van der Waals surface area contributed by atoms with Crippen molar-refractivity contribution in [3.63, 3.8) is 0 Å². The summed E-state index contributed by atoms with van der Waals surface area (Å²) in [7, 11) is 0. The Balaban J connectivity index is 1.62. The van der Waals surface area contributed by atoms with Gasteiger partial charge in [0.2, 0.25) is 5.91 Å². The van der Waals surface area contributed by atoms with Gasteiger partial charge < -0.3 is 16.0 Å². The number of urea groups is 1. The molecule has 1 aliphatic heterocycles. The Hall–Kier alpha value is -3.97. The monoisotopic (exact) mass is 483 g/mol. The van der Waals surface area contributed by atoms with Crippen LogP contribution in [0.3, 0.4) is 0 Å². The molecule has 3 amide bonds. The molecule has 0 aliphatic carbocycles. The van der Waals surface area contributed by atoms with Crippen LogP contribution in [0.15, 0.2) is 91.0 Å². The summed E-state index contributed by atoms with van der Waals surface area (Å²) in [6.45, 7) is 1.07. The fourth-order valence-corrected chi connectivity index (χ4v) is 4.60. The summed E-state index contributed by atoms with van der Waals surface area (Å²) in [5, 5.41) is 12.0. The van der Waals surface area contributed by atoms with E-state index in [1.807, 2.05) is 91.0 Å². The number of amidine groups is 1. The molecule has 0 saturated carbocycles. The second kappa shape index (κ2) is 12.1. The van der Waals surface area contributed by atoms with E-state index in [0.717, 1.165) is 16.7 Å². The fraction of sp³-hybridized carbons (Fsp3) is 0.276. The van der Waals surface area contributed by atoms with Crippen molar-refractivity contribution in [1.82, 2.24) is 15.1 Å². The molecule has 4 rings (SSSR count). The van der Waals surface area contributed by atoms with Crippen molar-refractivity contribution >= 4 is 17.8 Å². The normalized spacial score (nSPS) is 16.3. The highest BCUT2D eigenvalue weighted by Crippen LogP contribution is 2.27. The van der Waals surface area contributed by atoms with Crippen molar-refractivity contribution in [3.05, 3.63) is 108 Å². The highest BCUT2D eigenvalue weighted by molar-refractivity contribution is 6.07. The Labute approximate surface area is 212 Å². The SMILES string of the molecule is N=C1[C@H](Cc2ccccc2)N([C@@H](CCCN)C(=O)NCc2ccccc2)C(=O)N1Cc1ccccc1. The van der Waals surface area contributed by atoms with Crippen LogP contribution in [0, 0.1) is 5.41 Å². The molecule has 0 unspecified atom stereocenters. The maximum absolute atomic E-state index is 13.8. The summed E-state index contributed by atoms with van der Waals surface area (Å²) < 4.78 is 0. The van der Waals surface area contributed by atoms with E-state index in [9.17, 15) is 9.59 Å². The van der Waals surface area contributed by atoms with Gasteiger partial charge >= 0.3 is 6.03 Å². The smallest absolute Gasteiger partial charge is 0.327 e. The van der Waals surface area contributed by atoms with Gasteiger partial charge in [-0.05, 0) is 36.1 Å². The van der Waals surface area contributed by atoms with E-state index in [1.165, 1.54) is 4.90 Å². The second-order valence-corrected chi connectivity index (χ2v) is 9.00. The maximum Gasteiger partial charge on any atom is 0.327 e. The molecule has 7 nitrogen and oxygen atoms in total. The molecule has 1 fully saturated rings.